The number of pyridine rings is 1. The lowest BCUT2D eigenvalue weighted by molar-refractivity contribution is -0.169. The predicted octanol–water partition coefficient (Wildman–Crippen LogP) is 4.56. The van der Waals surface area contributed by atoms with Crippen LogP contribution in [0, 0.1) is 5.92 Å². The first-order valence-electron chi connectivity index (χ1n) is 11.0. The third kappa shape index (κ3) is 5.29. The highest BCUT2D eigenvalue weighted by atomic mass is 19.4. The molecule has 2 fully saturated rings. The van der Waals surface area contributed by atoms with Crippen molar-refractivity contribution in [2.24, 2.45) is 5.92 Å². The lowest BCUT2D eigenvalue weighted by Gasteiger charge is -2.26. The van der Waals surface area contributed by atoms with Gasteiger partial charge >= 0.3 is 6.18 Å². The molecule has 31 heavy (non-hydrogen) atoms. The van der Waals surface area contributed by atoms with Gasteiger partial charge in [0.2, 0.25) is 0 Å². The summed E-state index contributed by atoms with van der Waals surface area (Å²) in [7, 11) is 0. The van der Waals surface area contributed by atoms with Gasteiger partial charge in [0.15, 0.2) is 0 Å². The largest absolute Gasteiger partial charge is 0.494 e. The van der Waals surface area contributed by atoms with Gasteiger partial charge in [0.25, 0.3) is 5.91 Å². The summed E-state index contributed by atoms with van der Waals surface area (Å²) in [5.41, 5.74) is 0.604. The molecular formula is C23H28F3N3O2. The van der Waals surface area contributed by atoms with Crippen molar-refractivity contribution in [2.45, 2.75) is 50.7 Å². The van der Waals surface area contributed by atoms with Crippen LogP contribution in [0.3, 0.4) is 0 Å². The van der Waals surface area contributed by atoms with E-state index in [0.29, 0.717) is 18.5 Å². The highest BCUT2D eigenvalue weighted by molar-refractivity contribution is 5.95. The molecule has 8 heteroatoms. The van der Waals surface area contributed by atoms with Crippen molar-refractivity contribution in [3.8, 4) is 5.75 Å². The Morgan fingerprint density at radius 3 is 2.84 bits per heavy atom. The summed E-state index contributed by atoms with van der Waals surface area (Å²) in [6.07, 6.45) is 0.527. The van der Waals surface area contributed by atoms with Gasteiger partial charge in [-0.2, -0.15) is 13.2 Å². The molecule has 0 aliphatic carbocycles. The zero-order valence-corrected chi connectivity index (χ0v) is 17.5. The van der Waals surface area contributed by atoms with Gasteiger partial charge in [-0.25, -0.2) is 4.98 Å². The standard InChI is InChI=1S/C23H28F3N3O2/c24-23(25,26)21-6-2-12-29(21)22(30)20-9-7-17-14-18(8-10-19(17)28-20)31-13-3-5-16-4-1-11-27-15-16/h7-10,14,16,21,27H,1-6,11-13,15H2. The molecule has 5 nitrogen and oxygen atoms in total. The normalized spacial score (nSPS) is 22.1. The Labute approximate surface area is 180 Å². The highest BCUT2D eigenvalue weighted by Crippen LogP contribution is 2.33. The average Bonchev–Trinajstić information content (AvgIpc) is 3.27. The molecule has 0 bridgehead atoms. The molecular weight excluding hydrogens is 407 g/mol. The van der Waals surface area contributed by atoms with E-state index in [1.807, 2.05) is 6.07 Å². The summed E-state index contributed by atoms with van der Waals surface area (Å²) in [6, 6.07) is 6.88. The van der Waals surface area contributed by atoms with Crippen LogP contribution in [0.5, 0.6) is 5.75 Å². The van der Waals surface area contributed by atoms with Crippen molar-refractivity contribution >= 4 is 16.8 Å². The summed E-state index contributed by atoms with van der Waals surface area (Å²) in [5.74, 6) is 0.785. The molecule has 1 N–H and O–H groups in total. The van der Waals surface area contributed by atoms with Gasteiger partial charge in [0.05, 0.1) is 12.1 Å². The van der Waals surface area contributed by atoms with Gasteiger partial charge in [-0.05, 0) is 81.8 Å². The van der Waals surface area contributed by atoms with Gasteiger partial charge in [-0.1, -0.05) is 6.07 Å². The van der Waals surface area contributed by atoms with Crippen LogP contribution in [0.4, 0.5) is 13.2 Å². The lowest BCUT2D eigenvalue weighted by Crippen LogP contribution is -2.44. The van der Waals surface area contributed by atoms with Crippen LogP contribution in [0.15, 0.2) is 30.3 Å². The van der Waals surface area contributed by atoms with Gasteiger partial charge in [-0.3, -0.25) is 4.79 Å². The van der Waals surface area contributed by atoms with Crippen molar-refractivity contribution in [2.75, 3.05) is 26.2 Å². The smallest absolute Gasteiger partial charge is 0.408 e. The quantitative estimate of drug-likeness (QED) is 0.676. The van der Waals surface area contributed by atoms with E-state index in [0.717, 1.165) is 47.9 Å². The number of benzene rings is 1. The first kappa shape index (κ1) is 21.9. The van der Waals surface area contributed by atoms with E-state index in [2.05, 4.69) is 10.3 Å². The molecule has 1 aromatic heterocycles. The minimum atomic E-state index is -4.41. The number of rotatable bonds is 6. The van der Waals surface area contributed by atoms with E-state index in [1.165, 1.54) is 18.9 Å². The van der Waals surface area contributed by atoms with Crippen LogP contribution in [0.25, 0.3) is 10.9 Å². The van der Waals surface area contributed by atoms with Gasteiger partial charge < -0.3 is 15.0 Å². The molecule has 1 aromatic carbocycles. The van der Waals surface area contributed by atoms with E-state index in [4.69, 9.17) is 4.74 Å². The number of likely N-dealkylation sites (tertiary alicyclic amines) is 1. The molecule has 2 unspecified atom stereocenters. The molecule has 1 amide bonds. The number of hydrogen-bond donors (Lipinski definition) is 1. The molecule has 0 radical (unpaired) electrons. The Kier molecular flexibility index (Phi) is 6.65. The summed E-state index contributed by atoms with van der Waals surface area (Å²) in [6.45, 7) is 2.95. The Morgan fingerprint density at radius 1 is 1.19 bits per heavy atom. The van der Waals surface area contributed by atoms with Crippen LogP contribution in [-0.4, -0.2) is 54.3 Å². The predicted molar refractivity (Wildman–Crippen MR) is 112 cm³/mol. The van der Waals surface area contributed by atoms with Gasteiger partial charge in [0, 0.05) is 11.9 Å². The molecule has 2 aromatic rings. The number of aromatic nitrogens is 1. The third-order valence-corrected chi connectivity index (χ3v) is 6.20. The molecule has 2 aliphatic heterocycles. The number of fused-ring (bicyclic) bond motifs is 1. The fraction of sp³-hybridized carbons (Fsp3) is 0.565. The lowest BCUT2D eigenvalue weighted by atomic mass is 9.95. The number of halogens is 3. The number of nitrogens with one attached hydrogen (secondary N) is 1. The van der Waals surface area contributed by atoms with Crippen LogP contribution in [0.1, 0.15) is 49.0 Å². The van der Waals surface area contributed by atoms with E-state index < -0.39 is 18.1 Å². The summed E-state index contributed by atoms with van der Waals surface area (Å²) >= 11 is 0. The van der Waals surface area contributed by atoms with E-state index in [-0.39, 0.29) is 18.7 Å². The molecule has 0 saturated carbocycles. The first-order chi connectivity index (χ1) is 14.9. The topological polar surface area (TPSA) is 54.5 Å². The van der Waals surface area contributed by atoms with Crippen LogP contribution in [0.2, 0.25) is 0 Å². The Balaban J connectivity index is 1.37. The SMILES string of the molecule is O=C(c1ccc2cc(OCCCC3CCCNC3)ccc2n1)N1CCCC1C(F)(F)F. The first-order valence-corrected chi connectivity index (χ1v) is 11.0. The second kappa shape index (κ2) is 9.42. The Morgan fingerprint density at radius 2 is 2.06 bits per heavy atom. The second-order valence-electron chi connectivity index (χ2n) is 8.45. The van der Waals surface area contributed by atoms with E-state index >= 15 is 0 Å². The maximum Gasteiger partial charge on any atom is 0.408 e. The molecule has 168 valence electrons. The van der Waals surface area contributed by atoms with Crippen LogP contribution in [-0.2, 0) is 0 Å². The summed E-state index contributed by atoms with van der Waals surface area (Å²) in [4.78, 5) is 17.9. The average molecular weight is 435 g/mol. The molecule has 4 rings (SSSR count). The van der Waals surface area contributed by atoms with E-state index in [1.54, 1.807) is 18.2 Å². The number of ether oxygens (including phenoxy) is 1. The maximum absolute atomic E-state index is 13.2. The molecule has 2 atom stereocenters. The monoisotopic (exact) mass is 435 g/mol. The number of hydrogen-bond acceptors (Lipinski definition) is 4. The minimum Gasteiger partial charge on any atom is -0.494 e. The number of nitrogens with zero attached hydrogens (tertiary/aromatic N) is 2. The number of carbonyl (C=O) groups excluding carboxylic acids is 1. The fourth-order valence-electron chi connectivity index (χ4n) is 4.54. The van der Waals surface area contributed by atoms with Crippen molar-refractivity contribution in [1.82, 2.24) is 15.2 Å². The Bertz CT molecular complexity index is 913. The number of carbonyl (C=O) groups is 1. The maximum atomic E-state index is 13.2. The van der Waals surface area contributed by atoms with Gasteiger partial charge in [0.1, 0.15) is 17.5 Å². The highest BCUT2D eigenvalue weighted by Gasteiger charge is 2.48. The summed E-state index contributed by atoms with van der Waals surface area (Å²) < 4.78 is 45.4. The molecule has 2 saturated heterocycles. The third-order valence-electron chi connectivity index (χ3n) is 6.20. The molecule has 3 heterocycles. The zero-order valence-electron chi connectivity index (χ0n) is 17.5. The Hall–Kier alpha value is -2.35. The fourth-order valence-corrected chi connectivity index (χ4v) is 4.54. The number of alkyl halides is 3. The number of piperidine rings is 1. The van der Waals surface area contributed by atoms with Crippen LogP contribution < -0.4 is 10.1 Å². The molecule has 2 aliphatic rings. The van der Waals surface area contributed by atoms with Crippen molar-refractivity contribution < 1.29 is 22.7 Å². The van der Waals surface area contributed by atoms with E-state index in [9.17, 15) is 18.0 Å². The zero-order chi connectivity index (χ0) is 21.8. The van der Waals surface area contributed by atoms with Crippen molar-refractivity contribution in [3.63, 3.8) is 0 Å². The summed E-state index contributed by atoms with van der Waals surface area (Å²) in [5, 5.41) is 4.21. The second-order valence-corrected chi connectivity index (χ2v) is 8.45. The van der Waals surface area contributed by atoms with Crippen molar-refractivity contribution in [3.05, 3.63) is 36.0 Å². The van der Waals surface area contributed by atoms with Gasteiger partial charge in [-0.15, -0.1) is 0 Å². The van der Waals surface area contributed by atoms with Crippen molar-refractivity contribution in [1.29, 1.82) is 0 Å². The van der Waals surface area contributed by atoms with Crippen LogP contribution >= 0.6 is 0 Å². The number of amides is 1. The molecule has 0 spiro atoms. The minimum absolute atomic E-state index is 0.0402.